The molecule has 3 rings (SSSR count). The Morgan fingerprint density at radius 2 is 1.50 bits per heavy atom. The van der Waals surface area contributed by atoms with Gasteiger partial charge in [0.2, 0.25) is 0 Å². The zero-order chi connectivity index (χ0) is 20.4. The van der Waals surface area contributed by atoms with Gasteiger partial charge in [-0.25, -0.2) is 4.39 Å². The van der Waals surface area contributed by atoms with Crippen molar-refractivity contribution in [2.45, 2.75) is 19.9 Å². The molecule has 2 aromatic carbocycles. The largest absolute Gasteiger partial charge is 0.497 e. The molecule has 2 aromatic rings. The summed E-state index contributed by atoms with van der Waals surface area (Å²) in [5, 5.41) is 3.03. The van der Waals surface area contributed by atoms with Crippen LogP contribution in [0.4, 0.5) is 10.1 Å². The predicted octanol–water partition coefficient (Wildman–Crippen LogP) is 3.44. The van der Waals surface area contributed by atoms with Gasteiger partial charge in [0.1, 0.15) is 23.0 Å². The van der Waals surface area contributed by atoms with Crippen LogP contribution in [0.25, 0.3) is 5.57 Å². The Bertz CT molecular complexity index is 929. The summed E-state index contributed by atoms with van der Waals surface area (Å²) in [5.41, 5.74) is 1.30. The molecule has 0 saturated carbocycles. The Labute approximate surface area is 162 Å². The molecule has 1 heterocycles. The lowest BCUT2D eigenvalue weighted by molar-refractivity contribution is -0.138. The molecule has 0 radical (unpaired) electrons. The van der Waals surface area contributed by atoms with Crippen molar-refractivity contribution >= 4 is 23.1 Å². The van der Waals surface area contributed by atoms with E-state index in [2.05, 4.69) is 5.32 Å². The highest BCUT2D eigenvalue weighted by Crippen LogP contribution is 2.33. The number of amides is 2. The monoisotopic (exact) mass is 384 g/mol. The summed E-state index contributed by atoms with van der Waals surface area (Å²) in [7, 11) is 3.04. The molecule has 7 heteroatoms. The Hall–Kier alpha value is -3.35. The number of carbonyl (C=O) groups excluding carboxylic acids is 2. The third-order valence-electron chi connectivity index (χ3n) is 4.39. The summed E-state index contributed by atoms with van der Waals surface area (Å²) in [6, 6.07) is 10.2. The zero-order valence-electron chi connectivity index (χ0n) is 16.1. The molecule has 0 aromatic heterocycles. The molecular weight excluding hydrogens is 363 g/mol. The van der Waals surface area contributed by atoms with Gasteiger partial charge in [0.05, 0.1) is 19.8 Å². The van der Waals surface area contributed by atoms with Gasteiger partial charge in [-0.2, -0.15) is 0 Å². The van der Waals surface area contributed by atoms with Gasteiger partial charge in [-0.15, -0.1) is 0 Å². The van der Waals surface area contributed by atoms with E-state index in [9.17, 15) is 14.0 Å². The summed E-state index contributed by atoms with van der Waals surface area (Å²) in [6.07, 6.45) is 0. The summed E-state index contributed by atoms with van der Waals surface area (Å²) in [4.78, 5) is 27.1. The lowest BCUT2D eigenvalue weighted by atomic mass is 10.0. The predicted molar refractivity (Wildman–Crippen MR) is 103 cm³/mol. The molecule has 1 aliphatic heterocycles. The molecular formula is C21H21FN2O4. The number of methoxy groups -OCH3 is 2. The maximum absolute atomic E-state index is 13.3. The number of hydrogen-bond acceptors (Lipinski definition) is 5. The van der Waals surface area contributed by atoms with Crippen LogP contribution in [0, 0.1) is 5.82 Å². The van der Waals surface area contributed by atoms with Crippen LogP contribution in [-0.4, -0.2) is 37.0 Å². The number of benzene rings is 2. The summed E-state index contributed by atoms with van der Waals surface area (Å²) < 4.78 is 23.8. The van der Waals surface area contributed by atoms with E-state index in [0.717, 1.165) is 0 Å². The van der Waals surface area contributed by atoms with E-state index in [1.807, 2.05) is 0 Å². The lowest BCUT2D eigenvalue weighted by Gasteiger charge is -2.19. The number of halogens is 1. The van der Waals surface area contributed by atoms with Crippen LogP contribution in [0.15, 0.2) is 48.2 Å². The Morgan fingerprint density at radius 1 is 0.929 bits per heavy atom. The maximum atomic E-state index is 13.3. The number of carbonyl (C=O) groups is 2. The van der Waals surface area contributed by atoms with Crippen molar-refractivity contribution in [2.75, 3.05) is 19.5 Å². The van der Waals surface area contributed by atoms with Crippen LogP contribution in [0.2, 0.25) is 0 Å². The van der Waals surface area contributed by atoms with Crippen LogP contribution in [-0.2, 0) is 9.59 Å². The fourth-order valence-corrected chi connectivity index (χ4v) is 3.04. The van der Waals surface area contributed by atoms with Crippen molar-refractivity contribution in [1.29, 1.82) is 0 Å². The van der Waals surface area contributed by atoms with Crippen molar-refractivity contribution < 1.29 is 23.5 Å². The zero-order valence-corrected chi connectivity index (χ0v) is 16.1. The number of hydrogen-bond donors (Lipinski definition) is 1. The maximum Gasteiger partial charge on any atom is 0.278 e. The standard InChI is InChI=1S/C21H21FN2O4/c1-12(2)24-20(25)18(13-5-7-14(22)8-6-13)19(21(24)26)23-15-9-16(27-3)11-17(10-15)28-4/h5-12,23H,1-4H3. The fourth-order valence-electron chi connectivity index (χ4n) is 3.04. The first-order chi connectivity index (χ1) is 13.3. The molecule has 0 fully saturated rings. The van der Waals surface area contributed by atoms with E-state index >= 15 is 0 Å². The van der Waals surface area contributed by atoms with Gasteiger partial charge in [0.15, 0.2) is 0 Å². The number of imide groups is 1. The van der Waals surface area contributed by atoms with Crippen molar-refractivity contribution in [3.8, 4) is 11.5 Å². The Morgan fingerprint density at radius 3 is 2.00 bits per heavy atom. The van der Waals surface area contributed by atoms with Crippen molar-refractivity contribution in [3.05, 3.63) is 59.5 Å². The van der Waals surface area contributed by atoms with Gasteiger partial charge in [0, 0.05) is 29.9 Å². The minimum Gasteiger partial charge on any atom is -0.497 e. The molecule has 1 N–H and O–H groups in total. The third kappa shape index (κ3) is 3.55. The topological polar surface area (TPSA) is 67.9 Å². The second-order valence-electron chi connectivity index (χ2n) is 6.56. The molecule has 1 aliphatic rings. The third-order valence-corrected chi connectivity index (χ3v) is 4.39. The number of rotatable bonds is 6. The van der Waals surface area contributed by atoms with E-state index in [-0.39, 0.29) is 17.3 Å². The minimum atomic E-state index is -0.443. The van der Waals surface area contributed by atoms with Crippen molar-refractivity contribution in [3.63, 3.8) is 0 Å². The van der Waals surface area contributed by atoms with E-state index in [1.165, 1.54) is 43.4 Å². The number of ether oxygens (including phenoxy) is 2. The van der Waals surface area contributed by atoms with Gasteiger partial charge in [-0.3, -0.25) is 14.5 Å². The lowest BCUT2D eigenvalue weighted by Crippen LogP contribution is -2.38. The molecule has 0 unspecified atom stereocenters. The summed E-state index contributed by atoms with van der Waals surface area (Å²) in [5.74, 6) is -0.231. The minimum absolute atomic E-state index is 0.126. The van der Waals surface area contributed by atoms with E-state index in [4.69, 9.17) is 9.47 Å². The SMILES string of the molecule is COc1cc(NC2=C(c3ccc(F)cc3)C(=O)N(C(C)C)C2=O)cc(OC)c1. The van der Waals surface area contributed by atoms with Gasteiger partial charge in [-0.1, -0.05) is 12.1 Å². The van der Waals surface area contributed by atoms with E-state index < -0.39 is 17.6 Å². The highest BCUT2D eigenvalue weighted by molar-refractivity contribution is 6.36. The highest BCUT2D eigenvalue weighted by Gasteiger charge is 2.40. The molecule has 0 saturated heterocycles. The van der Waals surface area contributed by atoms with Crippen LogP contribution < -0.4 is 14.8 Å². The molecule has 0 atom stereocenters. The molecule has 0 spiro atoms. The second kappa shape index (κ2) is 7.72. The van der Waals surface area contributed by atoms with E-state index in [0.29, 0.717) is 22.7 Å². The first-order valence-electron chi connectivity index (χ1n) is 8.74. The number of nitrogens with one attached hydrogen (secondary N) is 1. The quantitative estimate of drug-likeness (QED) is 0.773. The smallest absolute Gasteiger partial charge is 0.278 e. The number of nitrogens with zero attached hydrogens (tertiary/aromatic N) is 1. The molecule has 0 bridgehead atoms. The van der Waals surface area contributed by atoms with Crippen molar-refractivity contribution in [1.82, 2.24) is 4.90 Å². The van der Waals surface area contributed by atoms with Crippen LogP contribution in [0.5, 0.6) is 11.5 Å². The summed E-state index contributed by atoms with van der Waals surface area (Å²) in [6.45, 7) is 3.52. The van der Waals surface area contributed by atoms with Crippen molar-refractivity contribution in [2.24, 2.45) is 0 Å². The molecule has 146 valence electrons. The fraction of sp³-hybridized carbons (Fsp3) is 0.238. The first-order valence-corrected chi connectivity index (χ1v) is 8.74. The van der Waals surface area contributed by atoms with E-state index in [1.54, 1.807) is 32.0 Å². The van der Waals surface area contributed by atoms with Gasteiger partial charge in [-0.05, 0) is 31.5 Å². The molecule has 2 amide bonds. The van der Waals surface area contributed by atoms with Crippen LogP contribution >= 0.6 is 0 Å². The van der Waals surface area contributed by atoms with Gasteiger partial charge < -0.3 is 14.8 Å². The Balaban J connectivity index is 2.11. The molecule has 6 nitrogen and oxygen atoms in total. The second-order valence-corrected chi connectivity index (χ2v) is 6.56. The van der Waals surface area contributed by atoms with Crippen LogP contribution in [0.1, 0.15) is 19.4 Å². The molecule has 28 heavy (non-hydrogen) atoms. The van der Waals surface area contributed by atoms with Gasteiger partial charge in [0.25, 0.3) is 11.8 Å². The highest BCUT2D eigenvalue weighted by atomic mass is 19.1. The van der Waals surface area contributed by atoms with Gasteiger partial charge >= 0.3 is 0 Å². The first kappa shape index (κ1) is 19.4. The summed E-state index contributed by atoms with van der Waals surface area (Å²) >= 11 is 0. The Kier molecular flexibility index (Phi) is 5.35. The average molecular weight is 384 g/mol. The average Bonchev–Trinajstić information content (AvgIpc) is 2.92. The number of anilines is 1. The molecule has 0 aliphatic carbocycles. The normalized spacial score (nSPS) is 14.1. The van der Waals surface area contributed by atoms with Crippen LogP contribution in [0.3, 0.4) is 0 Å².